The summed E-state index contributed by atoms with van der Waals surface area (Å²) < 4.78 is 3.19. The van der Waals surface area contributed by atoms with E-state index in [1.54, 1.807) is 0 Å². The Morgan fingerprint density at radius 3 is 2.75 bits per heavy atom. The number of hydrogen-bond acceptors (Lipinski definition) is 2. The molecule has 1 aromatic carbocycles. The molecule has 106 valence electrons. The number of nitrogens with zero attached hydrogens (tertiary/aromatic N) is 2. The first-order chi connectivity index (χ1) is 9.68. The first-order valence-electron chi connectivity index (χ1n) is 6.90. The summed E-state index contributed by atoms with van der Waals surface area (Å²) in [5.74, 6) is 0.197. The van der Waals surface area contributed by atoms with Gasteiger partial charge in [-0.05, 0) is 28.9 Å². The molecular weight excluding hydrogens is 318 g/mol. The summed E-state index contributed by atoms with van der Waals surface area (Å²) in [6.45, 7) is 5.85. The van der Waals surface area contributed by atoms with Crippen molar-refractivity contribution >= 4 is 32.7 Å². The van der Waals surface area contributed by atoms with E-state index in [9.17, 15) is 4.79 Å². The Hall–Kier alpha value is -1.33. The number of halogens is 1. The highest BCUT2D eigenvalue weighted by molar-refractivity contribution is 9.10. The van der Waals surface area contributed by atoms with Crippen LogP contribution in [0.15, 0.2) is 28.7 Å². The molecular formula is C15H18BrN3O. The highest BCUT2D eigenvalue weighted by Crippen LogP contribution is 2.30. The standard InChI is InChI=1S/C15H18BrN3O/c1-11-15(16)12-4-2-3-5-13(12)19(11)10-14(20)18-8-6-17-7-9-18/h2-5,17H,6-10H2,1H3. The van der Waals surface area contributed by atoms with Gasteiger partial charge in [-0.25, -0.2) is 0 Å². The summed E-state index contributed by atoms with van der Waals surface area (Å²) >= 11 is 3.63. The number of piperazine rings is 1. The predicted octanol–water partition coefficient (Wildman–Crippen LogP) is 2.14. The first-order valence-corrected chi connectivity index (χ1v) is 7.69. The fourth-order valence-corrected chi connectivity index (χ4v) is 3.29. The van der Waals surface area contributed by atoms with Crippen LogP contribution >= 0.6 is 15.9 Å². The predicted molar refractivity (Wildman–Crippen MR) is 83.8 cm³/mol. The Balaban J connectivity index is 1.90. The second-order valence-electron chi connectivity index (χ2n) is 5.13. The number of benzene rings is 1. The maximum Gasteiger partial charge on any atom is 0.242 e. The van der Waals surface area contributed by atoms with Gasteiger partial charge in [-0.15, -0.1) is 0 Å². The van der Waals surface area contributed by atoms with Crippen molar-refractivity contribution in [1.29, 1.82) is 0 Å². The van der Waals surface area contributed by atoms with Crippen molar-refractivity contribution in [3.63, 3.8) is 0 Å². The van der Waals surface area contributed by atoms with Gasteiger partial charge in [0.15, 0.2) is 0 Å². The van der Waals surface area contributed by atoms with Gasteiger partial charge in [0.05, 0.1) is 0 Å². The molecule has 1 amide bonds. The van der Waals surface area contributed by atoms with Crippen molar-refractivity contribution in [2.45, 2.75) is 13.5 Å². The Labute approximate surface area is 126 Å². The smallest absolute Gasteiger partial charge is 0.242 e. The molecule has 1 fully saturated rings. The minimum Gasteiger partial charge on any atom is -0.339 e. The zero-order chi connectivity index (χ0) is 14.1. The molecule has 0 bridgehead atoms. The molecule has 4 nitrogen and oxygen atoms in total. The van der Waals surface area contributed by atoms with Crippen LogP contribution in [0.4, 0.5) is 0 Å². The molecule has 1 saturated heterocycles. The van der Waals surface area contributed by atoms with Crippen LogP contribution in [0.1, 0.15) is 5.69 Å². The zero-order valence-corrected chi connectivity index (χ0v) is 13.1. The average molecular weight is 336 g/mol. The lowest BCUT2D eigenvalue weighted by Gasteiger charge is -2.28. The van der Waals surface area contributed by atoms with Gasteiger partial charge in [0.1, 0.15) is 6.54 Å². The molecule has 3 rings (SSSR count). The van der Waals surface area contributed by atoms with Crippen LogP contribution in [0, 0.1) is 6.92 Å². The van der Waals surface area contributed by atoms with Crippen molar-refractivity contribution in [2.24, 2.45) is 0 Å². The molecule has 1 aromatic heterocycles. The number of hydrogen-bond donors (Lipinski definition) is 1. The molecule has 1 aliphatic rings. The topological polar surface area (TPSA) is 37.3 Å². The van der Waals surface area contributed by atoms with Crippen LogP contribution in [0.3, 0.4) is 0 Å². The van der Waals surface area contributed by atoms with E-state index in [4.69, 9.17) is 0 Å². The van der Waals surface area contributed by atoms with E-state index < -0.39 is 0 Å². The van der Waals surface area contributed by atoms with Gasteiger partial charge in [-0.1, -0.05) is 18.2 Å². The summed E-state index contributed by atoms with van der Waals surface area (Å²) in [6.07, 6.45) is 0. The lowest BCUT2D eigenvalue weighted by atomic mass is 10.2. The minimum absolute atomic E-state index is 0.197. The summed E-state index contributed by atoms with van der Waals surface area (Å²) in [4.78, 5) is 14.4. The molecule has 0 unspecified atom stereocenters. The summed E-state index contributed by atoms with van der Waals surface area (Å²) in [5.41, 5.74) is 2.22. The third kappa shape index (κ3) is 2.36. The van der Waals surface area contributed by atoms with Crippen LogP contribution < -0.4 is 5.32 Å². The van der Waals surface area contributed by atoms with Crippen LogP contribution in [0.2, 0.25) is 0 Å². The largest absolute Gasteiger partial charge is 0.339 e. The Morgan fingerprint density at radius 1 is 1.30 bits per heavy atom. The molecule has 20 heavy (non-hydrogen) atoms. The second kappa shape index (κ2) is 5.58. The molecule has 1 aliphatic heterocycles. The number of aromatic nitrogens is 1. The third-order valence-electron chi connectivity index (χ3n) is 3.92. The number of rotatable bonds is 2. The van der Waals surface area contributed by atoms with E-state index in [2.05, 4.69) is 44.9 Å². The number of carbonyl (C=O) groups excluding carboxylic acids is 1. The van der Waals surface area contributed by atoms with Crippen molar-refractivity contribution in [1.82, 2.24) is 14.8 Å². The van der Waals surface area contributed by atoms with Gasteiger partial charge in [0.2, 0.25) is 5.91 Å². The molecule has 0 saturated carbocycles. The van der Waals surface area contributed by atoms with E-state index in [0.29, 0.717) is 6.54 Å². The Morgan fingerprint density at radius 2 is 2.00 bits per heavy atom. The molecule has 0 atom stereocenters. The van der Waals surface area contributed by atoms with Crippen LogP contribution in [0.5, 0.6) is 0 Å². The van der Waals surface area contributed by atoms with Gasteiger partial charge in [-0.3, -0.25) is 4.79 Å². The van der Waals surface area contributed by atoms with E-state index in [-0.39, 0.29) is 5.91 Å². The Kier molecular flexibility index (Phi) is 3.81. The zero-order valence-electron chi connectivity index (χ0n) is 11.5. The molecule has 1 N–H and O–H groups in total. The normalized spacial score (nSPS) is 15.8. The van der Waals surface area contributed by atoms with Gasteiger partial charge < -0.3 is 14.8 Å². The maximum absolute atomic E-state index is 12.4. The average Bonchev–Trinajstić information content (AvgIpc) is 2.74. The van der Waals surface area contributed by atoms with E-state index >= 15 is 0 Å². The van der Waals surface area contributed by atoms with Crippen LogP contribution in [0.25, 0.3) is 10.9 Å². The van der Waals surface area contributed by atoms with E-state index in [1.165, 1.54) is 0 Å². The number of fused-ring (bicyclic) bond motifs is 1. The lowest BCUT2D eigenvalue weighted by Crippen LogP contribution is -2.47. The van der Waals surface area contributed by atoms with Gasteiger partial charge in [-0.2, -0.15) is 0 Å². The molecule has 0 aliphatic carbocycles. The number of carbonyl (C=O) groups is 1. The molecule has 2 heterocycles. The van der Waals surface area contributed by atoms with Gasteiger partial charge >= 0.3 is 0 Å². The van der Waals surface area contributed by atoms with E-state index in [1.807, 2.05) is 17.0 Å². The fourth-order valence-electron chi connectivity index (χ4n) is 2.74. The van der Waals surface area contributed by atoms with Crippen molar-refractivity contribution < 1.29 is 4.79 Å². The first kappa shape index (κ1) is 13.6. The third-order valence-corrected chi connectivity index (χ3v) is 4.92. The van der Waals surface area contributed by atoms with Gasteiger partial charge in [0, 0.05) is 47.2 Å². The summed E-state index contributed by atoms with van der Waals surface area (Å²) in [6, 6.07) is 8.19. The lowest BCUT2D eigenvalue weighted by molar-refractivity contribution is -0.132. The van der Waals surface area contributed by atoms with E-state index in [0.717, 1.165) is 47.2 Å². The quantitative estimate of drug-likeness (QED) is 0.912. The number of amides is 1. The van der Waals surface area contributed by atoms with Crippen molar-refractivity contribution in [2.75, 3.05) is 26.2 Å². The van der Waals surface area contributed by atoms with Crippen LogP contribution in [-0.4, -0.2) is 41.6 Å². The van der Waals surface area contributed by atoms with Crippen molar-refractivity contribution in [3.8, 4) is 0 Å². The highest BCUT2D eigenvalue weighted by atomic mass is 79.9. The molecule has 0 spiro atoms. The minimum atomic E-state index is 0.197. The number of nitrogens with one attached hydrogen (secondary N) is 1. The molecule has 2 aromatic rings. The van der Waals surface area contributed by atoms with Crippen LogP contribution in [-0.2, 0) is 11.3 Å². The summed E-state index contributed by atoms with van der Waals surface area (Å²) in [7, 11) is 0. The SMILES string of the molecule is Cc1c(Br)c2ccccc2n1CC(=O)N1CCNCC1. The summed E-state index contributed by atoms with van der Waals surface area (Å²) in [5, 5.41) is 4.44. The molecule has 0 radical (unpaired) electrons. The molecule has 5 heteroatoms. The Bertz CT molecular complexity index is 644. The van der Waals surface area contributed by atoms with Gasteiger partial charge in [0.25, 0.3) is 0 Å². The fraction of sp³-hybridized carbons (Fsp3) is 0.400. The van der Waals surface area contributed by atoms with Crippen molar-refractivity contribution in [3.05, 3.63) is 34.4 Å². The number of para-hydroxylation sites is 1. The second-order valence-corrected chi connectivity index (χ2v) is 5.93. The monoisotopic (exact) mass is 335 g/mol. The highest BCUT2D eigenvalue weighted by Gasteiger charge is 2.19. The maximum atomic E-state index is 12.4.